The molecule has 0 saturated carbocycles. The van der Waals surface area contributed by atoms with Crippen molar-refractivity contribution in [1.29, 1.82) is 0 Å². The molecule has 0 fully saturated rings. The standard InChI is InChI=1S/C17H28IN/c1-13(2)9-16(12-19-11-14(3)4)10-15-5-7-17(18)8-6-15/h5-8,13-14,16,19H,9-12H2,1-4H3. The van der Waals surface area contributed by atoms with Gasteiger partial charge in [-0.05, 0) is 84.0 Å². The van der Waals surface area contributed by atoms with E-state index in [-0.39, 0.29) is 0 Å². The highest BCUT2D eigenvalue weighted by Crippen LogP contribution is 2.18. The molecular weight excluding hydrogens is 345 g/mol. The van der Waals surface area contributed by atoms with Crippen molar-refractivity contribution < 1.29 is 0 Å². The highest BCUT2D eigenvalue weighted by molar-refractivity contribution is 14.1. The smallest absolute Gasteiger partial charge is 0.0130 e. The van der Waals surface area contributed by atoms with Crippen LogP contribution in [0.4, 0.5) is 0 Å². The number of rotatable bonds is 8. The molecule has 1 unspecified atom stereocenters. The molecule has 0 aliphatic rings. The first kappa shape index (κ1) is 17.0. The van der Waals surface area contributed by atoms with E-state index in [2.05, 4.69) is 79.9 Å². The predicted octanol–water partition coefficient (Wildman–Crippen LogP) is 4.74. The van der Waals surface area contributed by atoms with Crippen LogP contribution >= 0.6 is 22.6 Å². The van der Waals surface area contributed by atoms with Gasteiger partial charge in [0.2, 0.25) is 0 Å². The van der Waals surface area contributed by atoms with Gasteiger partial charge in [0, 0.05) is 3.57 Å². The maximum atomic E-state index is 3.62. The van der Waals surface area contributed by atoms with Crippen LogP contribution in [0.1, 0.15) is 39.7 Å². The molecule has 1 aromatic rings. The monoisotopic (exact) mass is 373 g/mol. The summed E-state index contributed by atoms with van der Waals surface area (Å²) in [6.45, 7) is 11.4. The van der Waals surface area contributed by atoms with Gasteiger partial charge in [-0.2, -0.15) is 0 Å². The Morgan fingerprint density at radius 3 is 2.11 bits per heavy atom. The Morgan fingerprint density at radius 1 is 0.947 bits per heavy atom. The average molecular weight is 373 g/mol. The molecule has 0 aromatic heterocycles. The fourth-order valence-electron chi connectivity index (χ4n) is 2.44. The van der Waals surface area contributed by atoms with E-state index in [1.165, 1.54) is 22.0 Å². The fraction of sp³-hybridized carbons (Fsp3) is 0.647. The van der Waals surface area contributed by atoms with Gasteiger partial charge in [-0.15, -0.1) is 0 Å². The van der Waals surface area contributed by atoms with Gasteiger partial charge in [-0.3, -0.25) is 0 Å². The van der Waals surface area contributed by atoms with E-state index >= 15 is 0 Å². The van der Waals surface area contributed by atoms with E-state index in [9.17, 15) is 0 Å². The van der Waals surface area contributed by atoms with Crippen LogP contribution < -0.4 is 5.32 Å². The van der Waals surface area contributed by atoms with Gasteiger partial charge in [0.15, 0.2) is 0 Å². The highest BCUT2D eigenvalue weighted by atomic mass is 127. The van der Waals surface area contributed by atoms with Gasteiger partial charge in [0.25, 0.3) is 0 Å². The molecule has 0 amide bonds. The molecule has 0 heterocycles. The minimum atomic E-state index is 0.734. The molecule has 1 rings (SSSR count). The highest BCUT2D eigenvalue weighted by Gasteiger charge is 2.12. The minimum absolute atomic E-state index is 0.734. The second-order valence-corrected chi connectivity index (χ2v) is 7.62. The molecule has 19 heavy (non-hydrogen) atoms. The molecule has 0 aliphatic carbocycles. The zero-order valence-corrected chi connectivity index (χ0v) is 14.9. The van der Waals surface area contributed by atoms with E-state index in [4.69, 9.17) is 0 Å². The topological polar surface area (TPSA) is 12.0 Å². The summed E-state index contributed by atoms with van der Waals surface area (Å²) in [5.74, 6) is 2.26. The molecule has 2 heteroatoms. The molecule has 0 spiro atoms. The molecule has 1 nitrogen and oxygen atoms in total. The van der Waals surface area contributed by atoms with E-state index in [1.54, 1.807) is 0 Å². The normalized spacial score (nSPS) is 13.2. The molecule has 0 radical (unpaired) electrons. The first-order valence-electron chi connectivity index (χ1n) is 7.42. The molecule has 0 saturated heterocycles. The maximum absolute atomic E-state index is 3.62. The zero-order chi connectivity index (χ0) is 14.3. The molecular formula is C17H28IN. The second kappa shape index (κ2) is 8.96. The fourth-order valence-corrected chi connectivity index (χ4v) is 2.80. The Bertz CT molecular complexity index is 343. The summed E-state index contributed by atoms with van der Waals surface area (Å²) >= 11 is 2.37. The van der Waals surface area contributed by atoms with Crippen LogP contribution in [-0.4, -0.2) is 13.1 Å². The maximum Gasteiger partial charge on any atom is 0.0130 e. The second-order valence-electron chi connectivity index (χ2n) is 6.38. The Labute approximate surface area is 132 Å². The quantitative estimate of drug-likeness (QED) is 0.649. The summed E-state index contributed by atoms with van der Waals surface area (Å²) in [6, 6.07) is 8.98. The zero-order valence-electron chi connectivity index (χ0n) is 12.7. The predicted molar refractivity (Wildman–Crippen MR) is 93.5 cm³/mol. The van der Waals surface area contributed by atoms with Gasteiger partial charge < -0.3 is 5.32 Å². The largest absolute Gasteiger partial charge is 0.316 e. The first-order valence-corrected chi connectivity index (χ1v) is 8.50. The summed E-state index contributed by atoms with van der Waals surface area (Å²) in [7, 11) is 0. The van der Waals surface area contributed by atoms with Crippen LogP contribution in [0.15, 0.2) is 24.3 Å². The van der Waals surface area contributed by atoms with Gasteiger partial charge in [-0.25, -0.2) is 0 Å². The van der Waals surface area contributed by atoms with Crippen LogP contribution in [0.25, 0.3) is 0 Å². The van der Waals surface area contributed by atoms with Crippen molar-refractivity contribution >= 4 is 22.6 Å². The van der Waals surface area contributed by atoms with Gasteiger partial charge in [0.1, 0.15) is 0 Å². The van der Waals surface area contributed by atoms with Crippen molar-refractivity contribution in [3.63, 3.8) is 0 Å². The van der Waals surface area contributed by atoms with Gasteiger partial charge >= 0.3 is 0 Å². The van der Waals surface area contributed by atoms with Crippen molar-refractivity contribution in [1.82, 2.24) is 5.32 Å². The van der Waals surface area contributed by atoms with Gasteiger partial charge in [0.05, 0.1) is 0 Å². The molecule has 108 valence electrons. The number of halogens is 1. The molecule has 1 atom stereocenters. The number of hydrogen-bond acceptors (Lipinski definition) is 1. The summed E-state index contributed by atoms with van der Waals surface area (Å²) in [4.78, 5) is 0. The SMILES string of the molecule is CC(C)CNCC(Cc1ccc(I)cc1)CC(C)C. The average Bonchev–Trinajstić information content (AvgIpc) is 2.30. The van der Waals surface area contributed by atoms with E-state index in [1.807, 2.05) is 0 Å². The van der Waals surface area contributed by atoms with Crippen molar-refractivity contribution in [3.8, 4) is 0 Å². The summed E-state index contributed by atoms with van der Waals surface area (Å²) in [6.07, 6.45) is 2.50. The lowest BCUT2D eigenvalue weighted by atomic mass is 9.91. The van der Waals surface area contributed by atoms with E-state index in [0.29, 0.717) is 0 Å². The molecule has 1 aromatic carbocycles. The lowest BCUT2D eigenvalue weighted by Gasteiger charge is -2.20. The molecule has 0 bridgehead atoms. The van der Waals surface area contributed by atoms with Crippen molar-refractivity contribution in [2.24, 2.45) is 17.8 Å². The summed E-state index contributed by atoms with van der Waals surface area (Å²) in [5.41, 5.74) is 1.47. The number of nitrogens with one attached hydrogen (secondary N) is 1. The Balaban J connectivity index is 2.50. The van der Waals surface area contributed by atoms with Crippen LogP contribution in [-0.2, 0) is 6.42 Å². The van der Waals surface area contributed by atoms with Crippen molar-refractivity contribution in [2.45, 2.75) is 40.5 Å². The molecule has 1 N–H and O–H groups in total. The van der Waals surface area contributed by atoms with Crippen LogP contribution in [0.2, 0.25) is 0 Å². The number of hydrogen-bond donors (Lipinski definition) is 1. The van der Waals surface area contributed by atoms with E-state index in [0.717, 1.165) is 30.8 Å². The van der Waals surface area contributed by atoms with Crippen LogP contribution in [0.3, 0.4) is 0 Å². The molecule has 0 aliphatic heterocycles. The minimum Gasteiger partial charge on any atom is -0.316 e. The third-order valence-electron chi connectivity index (χ3n) is 3.23. The lowest BCUT2D eigenvalue weighted by molar-refractivity contribution is 0.376. The van der Waals surface area contributed by atoms with Crippen molar-refractivity contribution in [2.75, 3.05) is 13.1 Å². The third kappa shape index (κ3) is 7.93. The Morgan fingerprint density at radius 2 is 1.58 bits per heavy atom. The van der Waals surface area contributed by atoms with Crippen LogP contribution in [0, 0.1) is 21.3 Å². The Kier molecular flexibility index (Phi) is 8.00. The van der Waals surface area contributed by atoms with Gasteiger partial charge in [-0.1, -0.05) is 39.8 Å². The third-order valence-corrected chi connectivity index (χ3v) is 3.95. The van der Waals surface area contributed by atoms with E-state index < -0.39 is 0 Å². The van der Waals surface area contributed by atoms with Crippen LogP contribution in [0.5, 0.6) is 0 Å². The summed E-state index contributed by atoms with van der Waals surface area (Å²) in [5, 5.41) is 3.62. The number of benzene rings is 1. The van der Waals surface area contributed by atoms with Crippen molar-refractivity contribution in [3.05, 3.63) is 33.4 Å². The lowest BCUT2D eigenvalue weighted by Crippen LogP contribution is -2.28. The summed E-state index contributed by atoms with van der Waals surface area (Å²) < 4.78 is 1.32. The first-order chi connectivity index (χ1) is 8.97. The Hall–Kier alpha value is -0.0900.